The molecule has 1 aromatic rings. The molecule has 0 saturated carbocycles. The number of hydrogen-bond acceptors (Lipinski definition) is 3. The minimum Gasteiger partial charge on any atom is -0.372 e. The van der Waals surface area contributed by atoms with Crippen LogP contribution in [-0.4, -0.2) is 18.0 Å². The third kappa shape index (κ3) is 1.73. The molecular weight excluding hydrogens is 223 g/mol. The number of halogens is 1. The normalized spacial score (nSPS) is 27.2. The molecule has 2 unspecified atom stereocenters. The zero-order chi connectivity index (χ0) is 11.0. The van der Waals surface area contributed by atoms with Crippen LogP contribution in [0, 0.1) is 5.82 Å². The number of fused-ring (bicyclic) bond motifs is 1. The molecule has 4 heteroatoms. The molecule has 1 N–H and O–H groups in total. The smallest absolute Gasteiger partial charge is 0.123 e. The van der Waals surface area contributed by atoms with E-state index in [0.717, 1.165) is 12.1 Å². The van der Waals surface area contributed by atoms with Crippen molar-refractivity contribution in [1.29, 1.82) is 0 Å². The first-order valence-corrected chi connectivity index (χ1v) is 6.15. The van der Waals surface area contributed by atoms with Gasteiger partial charge in [0.05, 0.1) is 17.2 Å². The summed E-state index contributed by atoms with van der Waals surface area (Å²) >= 11 is 1.84. The Hall–Kier alpha value is -1.29. The number of nitrogens with one attached hydrogen (secondary N) is 1. The van der Waals surface area contributed by atoms with Crippen LogP contribution in [0.4, 0.5) is 4.39 Å². The largest absolute Gasteiger partial charge is 0.372 e. The molecule has 82 valence electrons. The number of nitrogens with zero attached hydrogens (tertiary/aromatic N) is 1. The Labute approximate surface area is 97.7 Å². The summed E-state index contributed by atoms with van der Waals surface area (Å²) in [5.41, 5.74) is 2.34. The van der Waals surface area contributed by atoms with Gasteiger partial charge in [0.15, 0.2) is 0 Å². The number of hydrogen-bond donors (Lipinski definition) is 1. The summed E-state index contributed by atoms with van der Waals surface area (Å²) in [7, 11) is 0. The zero-order valence-electron chi connectivity index (χ0n) is 8.56. The van der Waals surface area contributed by atoms with E-state index in [9.17, 15) is 4.39 Å². The maximum atomic E-state index is 12.8. The van der Waals surface area contributed by atoms with Gasteiger partial charge in [-0.3, -0.25) is 4.99 Å². The van der Waals surface area contributed by atoms with Crippen LogP contribution in [0.15, 0.2) is 41.0 Å². The van der Waals surface area contributed by atoms with Crippen LogP contribution in [0.2, 0.25) is 0 Å². The lowest BCUT2D eigenvalue weighted by Crippen LogP contribution is -2.17. The molecule has 2 aliphatic rings. The van der Waals surface area contributed by atoms with Crippen LogP contribution in [0.25, 0.3) is 0 Å². The van der Waals surface area contributed by atoms with Gasteiger partial charge in [-0.1, -0.05) is 12.1 Å². The second-order valence-electron chi connectivity index (χ2n) is 3.84. The fourth-order valence-electron chi connectivity index (χ4n) is 1.90. The highest BCUT2D eigenvalue weighted by molar-refractivity contribution is 8.00. The second kappa shape index (κ2) is 3.94. The average Bonchev–Trinajstić information content (AvgIpc) is 2.73. The predicted molar refractivity (Wildman–Crippen MR) is 65.1 cm³/mol. The molecule has 1 aromatic carbocycles. The molecule has 2 nitrogen and oxygen atoms in total. The molecule has 1 fully saturated rings. The van der Waals surface area contributed by atoms with E-state index < -0.39 is 0 Å². The lowest BCUT2D eigenvalue weighted by atomic mass is 10.2. The fraction of sp³-hybridized carbons (Fsp3) is 0.250. The predicted octanol–water partition coefficient (Wildman–Crippen LogP) is 2.50. The molecule has 3 rings (SSSR count). The molecule has 16 heavy (non-hydrogen) atoms. The van der Waals surface area contributed by atoms with Crippen molar-refractivity contribution < 1.29 is 4.39 Å². The van der Waals surface area contributed by atoms with Crippen LogP contribution in [-0.2, 0) is 0 Å². The first-order valence-electron chi connectivity index (χ1n) is 5.20. The van der Waals surface area contributed by atoms with Gasteiger partial charge in [0.1, 0.15) is 5.82 Å². The van der Waals surface area contributed by atoms with Crippen molar-refractivity contribution in [3.63, 3.8) is 0 Å². The number of thioether (sulfide) groups is 1. The number of benzene rings is 1. The van der Waals surface area contributed by atoms with Crippen molar-refractivity contribution in [1.82, 2.24) is 5.32 Å². The van der Waals surface area contributed by atoms with Crippen LogP contribution in [0.5, 0.6) is 0 Å². The Morgan fingerprint density at radius 2 is 2.12 bits per heavy atom. The summed E-state index contributed by atoms with van der Waals surface area (Å²) in [6, 6.07) is 6.67. The third-order valence-electron chi connectivity index (χ3n) is 2.75. The van der Waals surface area contributed by atoms with Crippen LogP contribution < -0.4 is 5.32 Å². The van der Waals surface area contributed by atoms with Gasteiger partial charge in [0.2, 0.25) is 0 Å². The van der Waals surface area contributed by atoms with E-state index >= 15 is 0 Å². The summed E-state index contributed by atoms with van der Waals surface area (Å²) in [6.07, 6.45) is 3.86. The molecule has 2 atom stereocenters. The monoisotopic (exact) mass is 234 g/mol. The van der Waals surface area contributed by atoms with E-state index in [1.54, 1.807) is 0 Å². The van der Waals surface area contributed by atoms with E-state index in [-0.39, 0.29) is 11.2 Å². The molecule has 0 aromatic heterocycles. The molecule has 2 aliphatic heterocycles. The van der Waals surface area contributed by atoms with Crippen molar-refractivity contribution in [2.75, 3.05) is 6.54 Å². The molecule has 0 radical (unpaired) electrons. The summed E-state index contributed by atoms with van der Waals surface area (Å²) in [6.45, 7) is 0.835. The maximum absolute atomic E-state index is 12.8. The first kappa shape index (κ1) is 9.90. The van der Waals surface area contributed by atoms with Crippen LogP contribution in [0.3, 0.4) is 0 Å². The molecular formula is C12H11FN2S. The Bertz CT molecular complexity index is 453. The fourth-order valence-corrected chi connectivity index (χ4v) is 3.21. The molecule has 0 spiro atoms. The number of aliphatic imine (C=N–C) groups is 1. The highest BCUT2D eigenvalue weighted by Crippen LogP contribution is 2.40. The number of dihydropyridines is 1. The van der Waals surface area contributed by atoms with E-state index in [1.807, 2.05) is 36.2 Å². The standard InChI is InChI=1S/C12H11FN2S/c13-9-3-1-8(2-4-9)12-15-10-5-6-14-7-11(10)16-12/h1-6,11-12,15H,7H2. The van der Waals surface area contributed by atoms with Crippen LogP contribution >= 0.6 is 11.8 Å². The van der Waals surface area contributed by atoms with Gasteiger partial charge >= 0.3 is 0 Å². The molecule has 0 aliphatic carbocycles. The maximum Gasteiger partial charge on any atom is 0.123 e. The minimum absolute atomic E-state index is 0.188. The highest BCUT2D eigenvalue weighted by Gasteiger charge is 2.30. The van der Waals surface area contributed by atoms with Gasteiger partial charge in [0.25, 0.3) is 0 Å². The molecule has 0 amide bonds. The van der Waals surface area contributed by atoms with E-state index in [2.05, 4.69) is 10.3 Å². The highest BCUT2D eigenvalue weighted by atomic mass is 32.2. The first-order chi connectivity index (χ1) is 7.83. The van der Waals surface area contributed by atoms with Gasteiger partial charge in [-0.05, 0) is 23.8 Å². The number of allylic oxidation sites excluding steroid dienone is 1. The molecule has 0 bridgehead atoms. The van der Waals surface area contributed by atoms with Crippen molar-refractivity contribution in [3.05, 3.63) is 47.4 Å². The van der Waals surface area contributed by atoms with Crippen molar-refractivity contribution >= 4 is 18.0 Å². The van der Waals surface area contributed by atoms with E-state index in [0.29, 0.717) is 5.25 Å². The zero-order valence-corrected chi connectivity index (χ0v) is 9.38. The Morgan fingerprint density at radius 3 is 2.88 bits per heavy atom. The Balaban J connectivity index is 1.81. The lowest BCUT2D eigenvalue weighted by Gasteiger charge is -2.09. The summed E-state index contributed by atoms with van der Waals surface area (Å²) in [5, 5.41) is 4.09. The lowest BCUT2D eigenvalue weighted by molar-refractivity contribution is 0.626. The van der Waals surface area contributed by atoms with Gasteiger partial charge in [-0.15, -0.1) is 11.8 Å². The second-order valence-corrected chi connectivity index (χ2v) is 5.15. The van der Waals surface area contributed by atoms with Gasteiger partial charge in [-0.2, -0.15) is 0 Å². The quantitative estimate of drug-likeness (QED) is 0.807. The summed E-state index contributed by atoms with van der Waals surface area (Å²) < 4.78 is 12.8. The van der Waals surface area contributed by atoms with E-state index in [4.69, 9.17) is 0 Å². The summed E-state index contributed by atoms with van der Waals surface area (Å²) in [5.74, 6) is -0.188. The average molecular weight is 234 g/mol. The molecule has 2 heterocycles. The van der Waals surface area contributed by atoms with Gasteiger partial charge < -0.3 is 5.32 Å². The summed E-state index contributed by atoms with van der Waals surface area (Å²) in [4.78, 5) is 4.24. The number of rotatable bonds is 1. The topological polar surface area (TPSA) is 24.4 Å². The SMILES string of the molecule is Fc1ccc(C2NC3=CC=NCC3S2)cc1. The van der Waals surface area contributed by atoms with Crippen molar-refractivity contribution in [3.8, 4) is 0 Å². The third-order valence-corrected chi connectivity index (χ3v) is 4.14. The molecule has 1 saturated heterocycles. The van der Waals surface area contributed by atoms with Gasteiger partial charge in [0, 0.05) is 11.9 Å². The minimum atomic E-state index is -0.188. The van der Waals surface area contributed by atoms with E-state index in [1.165, 1.54) is 17.8 Å². The van der Waals surface area contributed by atoms with Crippen molar-refractivity contribution in [2.45, 2.75) is 10.6 Å². The van der Waals surface area contributed by atoms with Gasteiger partial charge in [-0.25, -0.2) is 4.39 Å². The van der Waals surface area contributed by atoms with Crippen LogP contribution in [0.1, 0.15) is 10.9 Å². The Kier molecular flexibility index (Phi) is 2.44. The van der Waals surface area contributed by atoms with Crippen molar-refractivity contribution in [2.24, 2.45) is 4.99 Å². The Morgan fingerprint density at radius 1 is 1.31 bits per heavy atom.